The average Bonchev–Trinajstić information content (AvgIpc) is 2.29. The summed E-state index contributed by atoms with van der Waals surface area (Å²) in [4.78, 5) is 22.2. The van der Waals surface area contributed by atoms with Gasteiger partial charge in [0.1, 0.15) is 5.75 Å². The Balaban J connectivity index is 2.37. The minimum Gasteiger partial charge on any atom is -0.481 e. The van der Waals surface area contributed by atoms with Crippen LogP contribution < -0.4 is 5.32 Å². The van der Waals surface area contributed by atoms with E-state index in [1.54, 1.807) is 0 Å². The number of hydrogen-bond donors (Lipinski definition) is 2. The molecule has 0 saturated heterocycles. The minimum atomic E-state index is -3.30. The van der Waals surface area contributed by atoms with Crippen LogP contribution in [0.4, 0.5) is 0 Å². The van der Waals surface area contributed by atoms with Gasteiger partial charge in [0.05, 0.1) is 5.92 Å². The Hall–Kier alpha value is -1.11. The van der Waals surface area contributed by atoms with Crippen LogP contribution >= 0.6 is 0 Å². The fraction of sp³-hybridized carbons (Fsp3) is 0.818. The number of rotatable bonds is 5. The van der Waals surface area contributed by atoms with Crippen LogP contribution in [0.5, 0.6) is 0 Å². The number of carbonyl (C=O) groups excluding carboxylic acids is 1. The molecule has 0 aromatic heterocycles. The summed E-state index contributed by atoms with van der Waals surface area (Å²) in [6.07, 6.45) is 2.24. The van der Waals surface area contributed by atoms with Crippen LogP contribution in [-0.4, -0.2) is 42.9 Å². The van der Waals surface area contributed by atoms with Crippen molar-refractivity contribution in [3.63, 3.8) is 0 Å². The number of carboxylic acid groups (broad SMARTS) is 1. The van der Waals surface area contributed by atoms with Gasteiger partial charge in [-0.25, -0.2) is 8.42 Å². The lowest BCUT2D eigenvalue weighted by Gasteiger charge is -2.26. The smallest absolute Gasteiger partial charge is 0.306 e. The van der Waals surface area contributed by atoms with Crippen LogP contribution in [0.3, 0.4) is 0 Å². The van der Waals surface area contributed by atoms with Gasteiger partial charge < -0.3 is 10.4 Å². The lowest BCUT2D eigenvalue weighted by Crippen LogP contribution is -2.41. The first-order valence-electron chi connectivity index (χ1n) is 6.06. The zero-order chi connectivity index (χ0) is 13.8. The van der Waals surface area contributed by atoms with Gasteiger partial charge in [-0.15, -0.1) is 0 Å². The Morgan fingerprint density at radius 3 is 2.22 bits per heavy atom. The molecule has 0 bridgehead atoms. The van der Waals surface area contributed by atoms with Gasteiger partial charge >= 0.3 is 5.97 Å². The van der Waals surface area contributed by atoms with E-state index in [1.165, 1.54) is 6.92 Å². The predicted molar refractivity (Wildman–Crippen MR) is 65.9 cm³/mol. The molecule has 1 aliphatic carbocycles. The van der Waals surface area contributed by atoms with E-state index in [0.29, 0.717) is 25.7 Å². The molecule has 6 nitrogen and oxygen atoms in total. The Morgan fingerprint density at radius 2 is 1.78 bits per heavy atom. The summed E-state index contributed by atoms with van der Waals surface area (Å²) in [5, 5.41) is 11.5. The van der Waals surface area contributed by atoms with Crippen molar-refractivity contribution < 1.29 is 23.1 Å². The second kappa shape index (κ2) is 6.17. The van der Waals surface area contributed by atoms with Gasteiger partial charge in [0.15, 0.2) is 9.84 Å². The number of hydrogen-bond acceptors (Lipinski definition) is 4. The number of carboxylic acids is 1. The molecule has 0 atom stereocenters. The van der Waals surface area contributed by atoms with Crippen LogP contribution in [-0.2, 0) is 19.4 Å². The minimum absolute atomic E-state index is 0.0494. The molecule has 0 spiro atoms. The normalized spacial score (nSPS) is 24.5. The average molecular weight is 277 g/mol. The van der Waals surface area contributed by atoms with Crippen LogP contribution in [0.1, 0.15) is 32.6 Å². The molecule has 1 fully saturated rings. The number of aliphatic carboxylic acids is 1. The van der Waals surface area contributed by atoms with Crippen molar-refractivity contribution in [3.8, 4) is 0 Å². The lowest BCUT2D eigenvalue weighted by atomic mass is 9.86. The maximum absolute atomic E-state index is 11.5. The fourth-order valence-corrected chi connectivity index (χ4v) is 2.74. The van der Waals surface area contributed by atoms with Crippen molar-refractivity contribution in [3.05, 3.63) is 0 Å². The van der Waals surface area contributed by atoms with Gasteiger partial charge in [0, 0.05) is 11.8 Å². The van der Waals surface area contributed by atoms with E-state index in [1.807, 2.05) is 0 Å². The highest BCUT2D eigenvalue weighted by Gasteiger charge is 2.27. The molecule has 2 N–H and O–H groups in total. The van der Waals surface area contributed by atoms with E-state index in [9.17, 15) is 18.0 Å². The summed E-state index contributed by atoms with van der Waals surface area (Å²) in [7, 11) is -3.30. The van der Waals surface area contributed by atoms with Gasteiger partial charge in [-0.3, -0.25) is 9.59 Å². The Bertz CT molecular complexity index is 409. The quantitative estimate of drug-likeness (QED) is 0.746. The molecule has 0 aliphatic heterocycles. The standard InChI is InChI=1S/C11H19NO5S/c1-2-18(16,17)7-10(13)12-9-5-3-8(4-6-9)11(14)15/h8-9H,2-7H2,1H3,(H,12,13)(H,14,15). The molecule has 0 aromatic carbocycles. The van der Waals surface area contributed by atoms with Gasteiger partial charge in [-0.1, -0.05) is 6.92 Å². The zero-order valence-corrected chi connectivity index (χ0v) is 11.2. The zero-order valence-electron chi connectivity index (χ0n) is 10.4. The van der Waals surface area contributed by atoms with E-state index in [0.717, 1.165) is 0 Å². The topological polar surface area (TPSA) is 101 Å². The molecule has 1 saturated carbocycles. The Labute approximate surface area is 107 Å². The van der Waals surface area contributed by atoms with E-state index in [-0.39, 0.29) is 17.7 Å². The SMILES string of the molecule is CCS(=O)(=O)CC(=O)NC1CCC(C(=O)O)CC1. The molecular formula is C11H19NO5S. The molecule has 1 amide bonds. The summed E-state index contributed by atoms with van der Waals surface area (Å²) < 4.78 is 22.5. The molecule has 104 valence electrons. The molecule has 0 aromatic rings. The van der Waals surface area contributed by atoms with Crippen molar-refractivity contribution >= 4 is 21.7 Å². The summed E-state index contributed by atoms with van der Waals surface area (Å²) in [6.45, 7) is 1.50. The number of sulfone groups is 1. The second-order valence-corrected chi connectivity index (χ2v) is 6.98. The van der Waals surface area contributed by atoms with Crippen LogP contribution in [0, 0.1) is 5.92 Å². The third kappa shape index (κ3) is 4.64. The van der Waals surface area contributed by atoms with Crippen molar-refractivity contribution in [2.45, 2.75) is 38.6 Å². The maximum Gasteiger partial charge on any atom is 0.306 e. The highest BCUT2D eigenvalue weighted by molar-refractivity contribution is 7.92. The van der Waals surface area contributed by atoms with Crippen molar-refractivity contribution in [1.29, 1.82) is 0 Å². The largest absolute Gasteiger partial charge is 0.481 e. The monoisotopic (exact) mass is 277 g/mol. The molecule has 0 radical (unpaired) electrons. The number of nitrogens with one attached hydrogen (secondary N) is 1. The molecule has 0 heterocycles. The highest BCUT2D eigenvalue weighted by Crippen LogP contribution is 2.24. The Kier molecular flexibility index (Phi) is 5.13. The van der Waals surface area contributed by atoms with Gasteiger partial charge in [0.2, 0.25) is 5.91 Å². The maximum atomic E-state index is 11.5. The van der Waals surface area contributed by atoms with Gasteiger partial charge in [-0.05, 0) is 25.7 Å². The van der Waals surface area contributed by atoms with Crippen LogP contribution in [0.15, 0.2) is 0 Å². The molecule has 18 heavy (non-hydrogen) atoms. The van der Waals surface area contributed by atoms with E-state index >= 15 is 0 Å². The number of carbonyl (C=O) groups is 2. The van der Waals surface area contributed by atoms with Gasteiger partial charge in [-0.2, -0.15) is 0 Å². The first kappa shape index (κ1) is 14.9. The fourth-order valence-electron chi connectivity index (χ4n) is 2.06. The third-order valence-electron chi connectivity index (χ3n) is 3.23. The molecule has 1 rings (SSSR count). The molecule has 1 aliphatic rings. The summed E-state index contributed by atoms with van der Waals surface area (Å²) in [5.41, 5.74) is 0. The Morgan fingerprint density at radius 1 is 1.22 bits per heavy atom. The van der Waals surface area contributed by atoms with E-state index < -0.39 is 27.5 Å². The third-order valence-corrected chi connectivity index (χ3v) is 4.81. The van der Waals surface area contributed by atoms with Crippen LogP contribution in [0.25, 0.3) is 0 Å². The van der Waals surface area contributed by atoms with E-state index in [2.05, 4.69) is 5.32 Å². The summed E-state index contributed by atoms with van der Waals surface area (Å²) in [6, 6.07) is -0.0971. The van der Waals surface area contributed by atoms with Crippen molar-refractivity contribution in [2.75, 3.05) is 11.5 Å². The molecule has 0 unspecified atom stereocenters. The van der Waals surface area contributed by atoms with Gasteiger partial charge in [0.25, 0.3) is 0 Å². The predicted octanol–water partition coefficient (Wildman–Crippen LogP) is 0.181. The molecule has 7 heteroatoms. The van der Waals surface area contributed by atoms with Crippen LogP contribution in [0.2, 0.25) is 0 Å². The van der Waals surface area contributed by atoms with Crippen molar-refractivity contribution in [1.82, 2.24) is 5.32 Å². The van der Waals surface area contributed by atoms with E-state index in [4.69, 9.17) is 5.11 Å². The number of amides is 1. The molecular weight excluding hydrogens is 258 g/mol. The first-order chi connectivity index (χ1) is 8.34. The highest BCUT2D eigenvalue weighted by atomic mass is 32.2. The lowest BCUT2D eigenvalue weighted by molar-refractivity contribution is -0.142. The second-order valence-electron chi connectivity index (χ2n) is 4.63. The van der Waals surface area contributed by atoms with Crippen molar-refractivity contribution in [2.24, 2.45) is 5.92 Å². The summed E-state index contributed by atoms with van der Waals surface area (Å²) >= 11 is 0. The summed E-state index contributed by atoms with van der Waals surface area (Å²) in [5.74, 6) is -2.16. The first-order valence-corrected chi connectivity index (χ1v) is 7.88.